The van der Waals surface area contributed by atoms with Crippen LogP contribution >= 0.6 is 23.1 Å². The van der Waals surface area contributed by atoms with Gasteiger partial charge < -0.3 is 9.30 Å². The molecule has 136 valence electrons. The Hall–Kier alpha value is -1.70. The SMILES string of the molecule is Cc1nnc(SCCCn2cnc(-c3ccccc3)c2[C@@H]2CCOC2)s1. The fourth-order valence-electron chi connectivity index (χ4n) is 3.30. The molecule has 0 radical (unpaired) electrons. The topological polar surface area (TPSA) is 52.8 Å². The van der Waals surface area contributed by atoms with Gasteiger partial charge in [0.1, 0.15) is 5.01 Å². The zero-order valence-electron chi connectivity index (χ0n) is 14.8. The second-order valence-corrected chi connectivity index (χ2v) is 8.91. The van der Waals surface area contributed by atoms with Crippen LogP contribution in [0.3, 0.4) is 0 Å². The minimum absolute atomic E-state index is 0.436. The summed E-state index contributed by atoms with van der Waals surface area (Å²) in [6, 6.07) is 10.5. The van der Waals surface area contributed by atoms with E-state index in [4.69, 9.17) is 9.72 Å². The molecule has 3 aromatic rings. The van der Waals surface area contributed by atoms with Crippen molar-refractivity contribution >= 4 is 23.1 Å². The molecule has 1 aliphatic rings. The molecular formula is C19H22N4OS2. The first kappa shape index (κ1) is 17.7. The molecule has 0 aliphatic carbocycles. The Morgan fingerprint density at radius 1 is 1.27 bits per heavy atom. The molecule has 0 bridgehead atoms. The van der Waals surface area contributed by atoms with E-state index >= 15 is 0 Å². The Labute approximate surface area is 161 Å². The third-order valence-electron chi connectivity index (χ3n) is 4.52. The largest absolute Gasteiger partial charge is 0.381 e. The smallest absolute Gasteiger partial charge is 0.174 e. The molecule has 1 atom stereocenters. The Morgan fingerprint density at radius 2 is 2.15 bits per heavy atom. The minimum Gasteiger partial charge on any atom is -0.381 e. The molecule has 0 spiro atoms. The molecule has 26 heavy (non-hydrogen) atoms. The molecule has 0 saturated carbocycles. The van der Waals surface area contributed by atoms with Gasteiger partial charge in [-0.25, -0.2) is 4.98 Å². The van der Waals surface area contributed by atoms with E-state index < -0.39 is 0 Å². The monoisotopic (exact) mass is 386 g/mol. The quantitative estimate of drug-likeness (QED) is 0.445. The van der Waals surface area contributed by atoms with Crippen LogP contribution in [0.2, 0.25) is 0 Å². The van der Waals surface area contributed by atoms with Crippen molar-refractivity contribution in [2.45, 2.75) is 36.6 Å². The van der Waals surface area contributed by atoms with Crippen molar-refractivity contribution in [3.63, 3.8) is 0 Å². The van der Waals surface area contributed by atoms with Crippen molar-refractivity contribution in [3.8, 4) is 11.3 Å². The van der Waals surface area contributed by atoms with Crippen LogP contribution in [0.1, 0.15) is 29.5 Å². The van der Waals surface area contributed by atoms with Crippen molar-refractivity contribution in [2.75, 3.05) is 19.0 Å². The molecule has 0 unspecified atom stereocenters. The highest BCUT2D eigenvalue weighted by molar-refractivity contribution is 8.01. The summed E-state index contributed by atoms with van der Waals surface area (Å²) in [6.07, 6.45) is 4.15. The van der Waals surface area contributed by atoms with Gasteiger partial charge in [0.15, 0.2) is 4.34 Å². The van der Waals surface area contributed by atoms with Crippen LogP contribution in [-0.4, -0.2) is 38.7 Å². The molecule has 1 aromatic carbocycles. The summed E-state index contributed by atoms with van der Waals surface area (Å²) in [5.74, 6) is 1.47. The zero-order valence-corrected chi connectivity index (χ0v) is 16.4. The van der Waals surface area contributed by atoms with E-state index in [0.29, 0.717) is 5.92 Å². The lowest BCUT2D eigenvalue weighted by Crippen LogP contribution is -2.09. The summed E-state index contributed by atoms with van der Waals surface area (Å²) in [5, 5.41) is 9.28. The summed E-state index contributed by atoms with van der Waals surface area (Å²) in [7, 11) is 0. The lowest BCUT2D eigenvalue weighted by atomic mass is 9.99. The Bertz CT molecular complexity index is 840. The molecule has 0 amide bonds. The number of aryl methyl sites for hydroxylation is 2. The van der Waals surface area contributed by atoms with Gasteiger partial charge in [-0.05, 0) is 19.8 Å². The highest BCUT2D eigenvalue weighted by Crippen LogP contribution is 2.33. The summed E-state index contributed by atoms with van der Waals surface area (Å²) in [6.45, 7) is 4.60. The second kappa shape index (κ2) is 8.33. The molecule has 1 fully saturated rings. The van der Waals surface area contributed by atoms with Gasteiger partial charge in [0.05, 0.1) is 24.3 Å². The average molecular weight is 387 g/mol. The number of rotatable bonds is 7. The first-order valence-corrected chi connectivity index (χ1v) is 10.7. The third kappa shape index (κ3) is 4.00. The van der Waals surface area contributed by atoms with Crippen LogP contribution in [-0.2, 0) is 11.3 Å². The maximum atomic E-state index is 5.65. The molecule has 4 rings (SSSR count). The highest BCUT2D eigenvalue weighted by Gasteiger charge is 2.25. The van der Waals surface area contributed by atoms with E-state index in [0.717, 1.165) is 53.4 Å². The van der Waals surface area contributed by atoms with Crippen molar-refractivity contribution in [1.29, 1.82) is 0 Å². The Kier molecular flexibility index (Phi) is 5.67. The van der Waals surface area contributed by atoms with E-state index in [2.05, 4.69) is 39.0 Å². The van der Waals surface area contributed by atoms with Crippen molar-refractivity contribution in [3.05, 3.63) is 47.4 Å². The molecule has 7 heteroatoms. The number of benzene rings is 1. The van der Waals surface area contributed by atoms with Gasteiger partial charge in [-0.1, -0.05) is 53.4 Å². The van der Waals surface area contributed by atoms with E-state index in [1.54, 1.807) is 23.1 Å². The molecule has 3 heterocycles. The number of aromatic nitrogens is 4. The van der Waals surface area contributed by atoms with Crippen LogP contribution < -0.4 is 0 Å². The molecule has 2 aromatic heterocycles. The number of thioether (sulfide) groups is 1. The summed E-state index contributed by atoms with van der Waals surface area (Å²) in [5.41, 5.74) is 3.62. The van der Waals surface area contributed by atoms with Crippen LogP contribution in [0.15, 0.2) is 41.0 Å². The van der Waals surface area contributed by atoms with E-state index in [1.165, 1.54) is 11.3 Å². The fourth-order valence-corrected chi connectivity index (χ4v) is 5.11. The van der Waals surface area contributed by atoms with Gasteiger partial charge >= 0.3 is 0 Å². The highest BCUT2D eigenvalue weighted by atomic mass is 32.2. The van der Waals surface area contributed by atoms with E-state index in [1.807, 2.05) is 19.3 Å². The van der Waals surface area contributed by atoms with Crippen LogP contribution in [0.4, 0.5) is 0 Å². The lowest BCUT2D eigenvalue weighted by molar-refractivity contribution is 0.193. The van der Waals surface area contributed by atoms with Crippen LogP contribution in [0.25, 0.3) is 11.3 Å². The maximum absolute atomic E-state index is 5.65. The fraction of sp³-hybridized carbons (Fsp3) is 0.421. The summed E-state index contributed by atoms with van der Waals surface area (Å²) < 4.78 is 9.04. The Morgan fingerprint density at radius 3 is 2.88 bits per heavy atom. The van der Waals surface area contributed by atoms with Crippen molar-refractivity contribution in [1.82, 2.24) is 19.7 Å². The standard InChI is InChI=1S/C19H22N4OS2/c1-14-21-22-19(26-14)25-11-5-9-23-13-20-17(15-6-3-2-4-7-15)18(23)16-8-10-24-12-16/h2-4,6-7,13,16H,5,8-12H2,1H3/t16-/m1/s1. The van der Waals surface area contributed by atoms with Gasteiger partial charge in [-0.3, -0.25) is 0 Å². The van der Waals surface area contributed by atoms with E-state index in [9.17, 15) is 0 Å². The zero-order chi connectivity index (χ0) is 17.8. The number of hydrogen-bond acceptors (Lipinski definition) is 6. The van der Waals surface area contributed by atoms with Crippen molar-refractivity contribution < 1.29 is 4.74 Å². The first-order valence-electron chi connectivity index (χ1n) is 8.92. The number of nitrogens with zero attached hydrogens (tertiary/aromatic N) is 4. The predicted octanol–water partition coefficient (Wildman–Crippen LogP) is 4.40. The summed E-state index contributed by atoms with van der Waals surface area (Å²) in [4.78, 5) is 4.75. The van der Waals surface area contributed by atoms with Gasteiger partial charge in [-0.15, -0.1) is 10.2 Å². The second-order valence-electron chi connectivity index (χ2n) is 6.39. The summed E-state index contributed by atoms with van der Waals surface area (Å²) >= 11 is 3.45. The number of imidazole rings is 1. The molecule has 1 saturated heterocycles. The average Bonchev–Trinajstić information content (AvgIpc) is 3.40. The minimum atomic E-state index is 0.436. The van der Waals surface area contributed by atoms with Crippen molar-refractivity contribution in [2.24, 2.45) is 0 Å². The van der Waals surface area contributed by atoms with Gasteiger partial charge in [0.25, 0.3) is 0 Å². The first-order chi connectivity index (χ1) is 12.8. The van der Waals surface area contributed by atoms with Gasteiger partial charge in [0.2, 0.25) is 0 Å². The third-order valence-corrected chi connectivity index (χ3v) is 6.58. The molecular weight excluding hydrogens is 364 g/mol. The van der Waals surface area contributed by atoms with E-state index in [-0.39, 0.29) is 0 Å². The predicted molar refractivity (Wildman–Crippen MR) is 106 cm³/mol. The van der Waals surface area contributed by atoms with Crippen LogP contribution in [0, 0.1) is 6.92 Å². The molecule has 5 nitrogen and oxygen atoms in total. The van der Waals surface area contributed by atoms with Gasteiger partial charge in [-0.2, -0.15) is 0 Å². The maximum Gasteiger partial charge on any atom is 0.174 e. The number of ether oxygens (including phenoxy) is 1. The molecule has 1 aliphatic heterocycles. The number of hydrogen-bond donors (Lipinski definition) is 0. The molecule has 0 N–H and O–H groups in total. The van der Waals surface area contributed by atoms with Gasteiger partial charge in [0, 0.05) is 30.4 Å². The lowest BCUT2D eigenvalue weighted by Gasteiger charge is -2.15. The van der Waals surface area contributed by atoms with Crippen LogP contribution in [0.5, 0.6) is 0 Å². The Balaban J connectivity index is 1.47. The normalized spacial score (nSPS) is 17.0.